The van der Waals surface area contributed by atoms with E-state index in [1.54, 1.807) is 5.06 Å². The van der Waals surface area contributed by atoms with Crippen molar-refractivity contribution in [2.24, 2.45) is 5.92 Å². The molecule has 1 heterocycles. The molecule has 0 bridgehead atoms. The second-order valence-electron chi connectivity index (χ2n) is 4.17. The molecule has 0 saturated carbocycles. The van der Waals surface area contributed by atoms with Crippen LogP contribution >= 0.6 is 11.6 Å². The summed E-state index contributed by atoms with van der Waals surface area (Å²) in [5.74, 6) is 0.642. The number of hydroxylamine groups is 2. The first kappa shape index (κ1) is 13.6. The van der Waals surface area contributed by atoms with Gasteiger partial charge in [0.2, 0.25) is 0 Å². The molecule has 0 aromatic carbocycles. The van der Waals surface area contributed by atoms with Crippen molar-refractivity contribution in [1.29, 1.82) is 0 Å². The average molecular weight is 244 g/mol. The summed E-state index contributed by atoms with van der Waals surface area (Å²) in [4.78, 5) is 5.71. The maximum atomic E-state index is 6.08. The second kappa shape index (κ2) is 7.75. The van der Waals surface area contributed by atoms with Crippen molar-refractivity contribution >= 4 is 11.6 Å². The highest BCUT2D eigenvalue weighted by molar-refractivity contribution is 6.21. The van der Waals surface area contributed by atoms with Gasteiger partial charge in [0.05, 0.1) is 6.61 Å². The van der Waals surface area contributed by atoms with E-state index in [0.717, 1.165) is 6.61 Å². The molecule has 0 N–H and O–H groups in total. The number of nitrogens with zero attached hydrogens (tertiary/aromatic N) is 1. The van der Waals surface area contributed by atoms with Crippen molar-refractivity contribution in [2.75, 3.05) is 6.61 Å². The number of rotatable bonds is 7. The standard InChI is InChI=1S/C13H22ClNO/c1-3-5-8-12(4-2)11-16-15-10-7-6-9-13(15)14/h6-7,9-10,12-13H,3-5,8,11H2,1-2H3. The number of unbranched alkanes of at least 4 members (excludes halogenated alkanes) is 1. The normalized spacial score (nSPS) is 21.4. The fourth-order valence-electron chi connectivity index (χ4n) is 1.66. The zero-order chi connectivity index (χ0) is 11.8. The van der Waals surface area contributed by atoms with E-state index in [4.69, 9.17) is 16.4 Å². The zero-order valence-electron chi connectivity index (χ0n) is 10.2. The second-order valence-corrected chi connectivity index (χ2v) is 4.62. The molecule has 1 aliphatic heterocycles. The maximum Gasteiger partial charge on any atom is 0.148 e. The monoisotopic (exact) mass is 243 g/mol. The van der Waals surface area contributed by atoms with Crippen LogP contribution in [0.3, 0.4) is 0 Å². The van der Waals surface area contributed by atoms with Crippen LogP contribution in [0.15, 0.2) is 24.4 Å². The van der Waals surface area contributed by atoms with E-state index in [9.17, 15) is 0 Å². The van der Waals surface area contributed by atoms with Crippen LogP contribution in [0, 0.1) is 5.92 Å². The molecule has 2 unspecified atom stereocenters. The summed E-state index contributed by atoms with van der Waals surface area (Å²) in [6.45, 7) is 5.20. The molecule has 0 amide bonds. The zero-order valence-corrected chi connectivity index (χ0v) is 11.0. The number of allylic oxidation sites excluding steroid dienone is 2. The highest BCUT2D eigenvalue weighted by Crippen LogP contribution is 2.17. The van der Waals surface area contributed by atoms with Gasteiger partial charge in [0.25, 0.3) is 0 Å². The Morgan fingerprint density at radius 2 is 2.19 bits per heavy atom. The summed E-state index contributed by atoms with van der Waals surface area (Å²) in [6.07, 6.45) is 12.6. The predicted molar refractivity (Wildman–Crippen MR) is 69.0 cm³/mol. The van der Waals surface area contributed by atoms with Crippen molar-refractivity contribution in [3.63, 3.8) is 0 Å². The van der Waals surface area contributed by atoms with Gasteiger partial charge in [-0.25, -0.2) is 5.06 Å². The third-order valence-corrected chi connectivity index (χ3v) is 3.20. The van der Waals surface area contributed by atoms with Crippen LogP contribution in [0.1, 0.15) is 39.5 Å². The van der Waals surface area contributed by atoms with Gasteiger partial charge < -0.3 is 0 Å². The molecule has 3 heteroatoms. The molecule has 0 radical (unpaired) electrons. The fraction of sp³-hybridized carbons (Fsp3) is 0.692. The number of alkyl halides is 1. The van der Waals surface area contributed by atoms with Gasteiger partial charge in [0.1, 0.15) is 5.50 Å². The Morgan fingerprint density at radius 1 is 1.38 bits per heavy atom. The van der Waals surface area contributed by atoms with Crippen LogP contribution < -0.4 is 0 Å². The molecule has 16 heavy (non-hydrogen) atoms. The molecule has 0 saturated heterocycles. The predicted octanol–water partition coefficient (Wildman–Crippen LogP) is 4.08. The Kier molecular flexibility index (Phi) is 6.58. The first-order chi connectivity index (χ1) is 7.77. The van der Waals surface area contributed by atoms with Crippen LogP contribution in [-0.4, -0.2) is 17.2 Å². The highest BCUT2D eigenvalue weighted by atomic mass is 35.5. The van der Waals surface area contributed by atoms with Crippen LogP contribution in [-0.2, 0) is 4.84 Å². The molecule has 0 spiro atoms. The minimum atomic E-state index is -0.173. The summed E-state index contributed by atoms with van der Waals surface area (Å²) >= 11 is 6.08. The van der Waals surface area contributed by atoms with Gasteiger partial charge in [-0.05, 0) is 24.5 Å². The van der Waals surface area contributed by atoms with Gasteiger partial charge >= 0.3 is 0 Å². The molecule has 0 aliphatic carbocycles. The van der Waals surface area contributed by atoms with E-state index >= 15 is 0 Å². The van der Waals surface area contributed by atoms with Crippen LogP contribution in [0.4, 0.5) is 0 Å². The minimum Gasteiger partial charge on any atom is -0.272 e. The van der Waals surface area contributed by atoms with E-state index in [-0.39, 0.29) is 5.50 Å². The Balaban J connectivity index is 2.26. The topological polar surface area (TPSA) is 12.5 Å². The Morgan fingerprint density at radius 3 is 2.81 bits per heavy atom. The SMILES string of the molecule is CCCCC(CC)CON1C=CC=CC1Cl. The van der Waals surface area contributed by atoms with Crippen molar-refractivity contribution in [2.45, 2.75) is 45.0 Å². The lowest BCUT2D eigenvalue weighted by Crippen LogP contribution is -2.28. The molecule has 0 aromatic heterocycles. The van der Waals surface area contributed by atoms with Crippen molar-refractivity contribution in [3.05, 3.63) is 24.4 Å². The van der Waals surface area contributed by atoms with E-state index in [0.29, 0.717) is 5.92 Å². The van der Waals surface area contributed by atoms with Crippen molar-refractivity contribution < 1.29 is 4.84 Å². The average Bonchev–Trinajstić information content (AvgIpc) is 2.31. The molecular formula is C13H22ClNO. The summed E-state index contributed by atoms with van der Waals surface area (Å²) in [5.41, 5.74) is -0.173. The molecule has 2 atom stereocenters. The molecule has 92 valence electrons. The van der Waals surface area contributed by atoms with Gasteiger partial charge in [-0.15, -0.1) is 0 Å². The van der Waals surface area contributed by atoms with E-state index in [1.165, 1.54) is 25.7 Å². The van der Waals surface area contributed by atoms with Crippen LogP contribution in [0.2, 0.25) is 0 Å². The molecule has 1 aliphatic rings. The number of hydrogen-bond donors (Lipinski definition) is 0. The quantitative estimate of drug-likeness (QED) is 0.493. The van der Waals surface area contributed by atoms with Gasteiger partial charge in [0.15, 0.2) is 0 Å². The van der Waals surface area contributed by atoms with Crippen molar-refractivity contribution in [3.8, 4) is 0 Å². The molecule has 0 fully saturated rings. The Labute approximate surface area is 104 Å². The smallest absolute Gasteiger partial charge is 0.148 e. The van der Waals surface area contributed by atoms with Gasteiger partial charge in [-0.2, -0.15) is 0 Å². The first-order valence-electron chi connectivity index (χ1n) is 6.18. The third kappa shape index (κ3) is 4.58. The molecule has 1 rings (SSSR count). The highest BCUT2D eigenvalue weighted by Gasteiger charge is 2.14. The summed E-state index contributed by atoms with van der Waals surface area (Å²) in [7, 11) is 0. The lowest BCUT2D eigenvalue weighted by atomic mass is 10.0. The summed E-state index contributed by atoms with van der Waals surface area (Å²) in [6, 6.07) is 0. The summed E-state index contributed by atoms with van der Waals surface area (Å²) in [5, 5.41) is 1.72. The van der Waals surface area contributed by atoms with Gasteiger partial charge in [-0.1, -0.05) is 50.8 Å². The minimum absolute atomic E-state index is 0.173. The van der Waals surface area contributed by atoms with Gasteiger partial charge in [0, 0.05) is 6.20 Å². The lowest BCUT2D eigenvalue weighted by Gasteiger charge is -2.26. The van der Waals surface area contributed by atoms with Gasteiger partial charge in [-0.3, -0.25) is 4.84 Å². The lowest BCUT2D eigenvalue weighted by molar-refractivity contribution is -0.136. The molecule has 2 nitrogen and oxygen atoms in total. The summed E-state index contributed by atoms with van der Waals surface area (Å²) < 4.78 is 0. The van der Waals surface area contributed by atoms with Crippen LogP contribution in [0.25, 0.3) is 0 Å². The molecule has 0 aromatic rings. The third-order valence-electron chi connectivity index (χ3n) is 2.86. The van der Waals surface area contributed by atoms with E-state index in [1.807, 2.05) is 24.4 Å². The first-order valence-corrected chi connectivity index (χ1v) is 6.61. The molecular weight excluding hydrogens is 222 g/mol. The van der Waals surface area contributed by atoms with E-state index < -0.39 is 0 Å². The number of halogens is 1. The Bertz CT molecular complexity index is 240. The Hall–Kier alpha value is -0.470. The van der Waals surface area contributed by atoms with Crippen molar-refractivity contribution in [1.82, 2.24) is 5.06 Å². The number of hydrogen-bond acceptors (Lipinski definition) is 2. The van der Waals surface area contributed by atoms with E-state index in [2.05, 4.69) is 13.8 Å². The maximum absolute atomic E-state index is 6.08. The van der Waals surface area contributed by atoms with Crippen LogP contribution in [0.5, 0.6) is 0 Å². The fourth-order valence-corrected chi connectivity index (χ4v) is 1.87. The largest absolute Gasteiger partial charge is 0.272 e.